The molecule has 4 heterocycles. The van der Waals surface area contributed by atoms with Gasteiger partial charge < -0.3 is 15.2 Å². The summed E-state index contributed by atoms with van der Waals surface area (Å²) in [6.45, 7) is 3.70. The number of nitrogens with two attached hydrogens (primary N) is 1. The predicted molar refractivity (Wildman–Crippen MR) is 141 cm³/mol. The summed E-state index contributed by atoms with van der Waals surface area (Å²) in [6, 6.07) is 10.1. The fraction of sp³-hybridized carbons (Fsp3) is 0.400. The van der Waals surface area contributed by atoms with Crippen LogP contribution in [0.1, 0.15) is 25.5 Å². The van der Waals surface area contributed by atoms with Gasteiger partial charge in [0.25, 0.3) is 5.56 Å². The van der Waals surface area contributed by atoms with Crippen molar-refractivity contribution in [2.75, 3.05) is 18.0 Å². The molecule has 3 aromatic heterocycles. The van der Waals surface area contributed by atoms with Crippen molar-refractivity contribution in [2.45, 2.75) is 38.9 Å². The van der Waals surface area contributed by atoms with Crippen LogP contribution in [0.4, 0.5) is 5.95 Å². The van der Waals surface area contributed by atoms with Gasteiger partial charge in [-0.15, -0.1) is 18.3 Å². The van der Waals surface area contributed by atoms with Crippen molar-refractivity contribution in [1.29, 1.82) is 0 Å². The lowest BCUT2D eigenvalue weighted by atomic mass is 10.1. The van der Waals surface area contributed by atoms with Crippen LogP contribution < -0.4 is 21.9 Å². The predicted octanol–water partition coefficient (Wildman–Crippen LogP) is 1.81. The summed E-state index contributed by atoms with van der Waals surface area (Å²) in [5.74, 6) is 6.62. The molecule has 1 unspecified atom stereocenters. The number of rotatable bonds is 4. The number of anilines is 1. The van der Waals surface area contributed by atoms with Gasteiger partial charge in [0.2, 0.25) is 5.95 Å². The van der Waals surface area contributed by atoms with Crippen LogP contribution in [-0.2, 0) is 27.2 Å². The van der Waals surface area contributed by atoms with E-state index in [9.17, 15) is 9.59 Å². The number of aromatic nitrogens is 5. The summed E-state index contributed by atoms with van der Waals surface area (Å²) < 4.78 is 6.61. The quantitative estimate of drug-likeness (QED) is 0.436. The maximum atomic E-state index is 13.8. The highest BCUT2D eigenvalue weighted by Gasteiger charge is 2.26. The molecule has 1 aliphatic rings. The maximum absolute atomic E-state index is 13.8. The number of fused-ring (bicyclic) bond motifs is 2. The number of nitrogens with zero attached hydrogens (tertiary/aromatic N) is 6. The number of aryl methyl sites for hydroxylation is 2. The largest absolute Gasteiger partial charge is 0.346 e. The van der Waals surface area contributed by atoms with Gasteiger partial charge in [-0.3, -0.25) is 18.5 Å². The average molecular weight is 496 g/mol. The van der Waals surface area contributed by atoms with E-state index in [1.54, 1.807) is 14.0 Å². The molecule has 5 rings (SSSR count). The third-order valence-electron chi connectivity index (χ3n) is 6.74. The van der Waals surface area contributed by atoms with Gasteiger partial charge in [-0.25, -0.2) is 4.79 Å². The van der Waals surface area contributed by atoms with Crippen LogP contribution in [0.2, 0.25) is 0 Å². The summed E-state index contributed by atoms with van der Waals surface area (Å²) in [7, 11) is 3.61. The Hall–Kier alpha value is -3.48. The molecular formula is C25H30ClN7O2. The van der Waals surface area contributed by atoms with Crippen LogP contribution in [0.3, 0.4) is 0 Å². The number of para-hydroxylation sites is 1. The molecule has 0 aliphatic carbocycles. The third kappa shape index (κ3) is 4.13. The van der Waals surface area contributed by atoms with Gasteiger partial charge in [-0.2, -0.15) is 4.98 Å². The first-order chi connectivity index (χ1) is 16.4. The minimum atomic E-state index is -0.393. The molecule has 0 radical (unpaired) electrons. The second-order valence-electron chi connectivity index (χ2n) is 8.93. The van der Waals surface area contributed by atoms with Crippen molar-refractivity contribution >= 4 is 40.4 Å². The number of hydrogen-bond acceptors (Lipinski definition) is 5. The third-order valence-corrected chi connectivity index (χ3v) is 6.74. The molecular weight excluding hydrogens is 466 g/mol. The van der Waals surface area contributed by atoms with E-state index in [0.717, 1.165) is 36.0 Å². The molecule has 0 saturated carbocycles. The maximum Gasteiger partial charge on any atom is 0.332 e. The van der Waals surface area contributed by atoms with Crippen molar-refractivity contribution < 1.29 is 0 Å². The molecule has 2 N–H and O–H groups in total. The van der Waals surface area contributed by atoms with E-state index in [1.165, 1.54) is 9.13 Å². The van der Waals surface area contributed by atoms with Crippen molar-refractivity contribution in [3.63, 3.8) is 0 Å². The number of halogens is 1. The topological polar surface area (TPSA) is 96.0 Å². The lowest BCUT2D eigenvalue weighted by Gasteiger charge is -2.31. The number of imidazole rings is 1. The zero-order valence-corrected chi connectivity index (χ0v) is 21.0. The van der Waals surface area contributed by atoms with E-state index in [0.29, 0.717) is 30.2 Å². The highest BCUT2D eigenvalue weighted by Crippen LogP contribution is 2.23. The first-order valence-electron chi connectivity index (χ1n) is 11.5. The molecule has 0 bridgehead atoms. The Bertz CT molecular complexity index is 1580. The van der Waals surface area contributed by atoms with Crippen LogP contribution in [0, 0.1) is 11.8 Å². The molecule has 0 spiro atoms. The summed E-state index contributed by atoms with van der Waals surface area (Å²) in [4.78, 5) is 33.9. The van der Waals surface area contributed by atoms with E-state index in [1.807, 2.05) is 46.5 Å². The smallest absolute Gasteiger partial charge is 0.332 e. The van der Waals surface area contributed by atoms with Crippen LogP contribution in [0.5, 0.6) is 0 Å². The Labute approximate surface area is 209 Å². The lowest BCUT2D eigenvalue weighted by molar-refractivity contribution is 0.496. The fourth-order valence-corrected chi connectivity index (χ4v) is 4.90. The molecule has 1 atom stereocenters. The molecule has 184 valence electrons. The second kappa shape index (κ2) is 9.64. The number of hydrogen-bond donors (Lipinski definition) is 1. The highest BCUT2D eigenvalue weighted by molar-refractivity contribution is 5.85. The Balaban J connectivity index is 0.00000289. The normalized spacial score (nSPS) is 15.8. The van der Waals surface area contributed by atoms with E-state index >= 15 is 0 Å². The van der Waals surface area contributed by atoms with Gasteiger partial charge in [0.05, 0.1) is 13.1 Å². The molecule has 1 aromatic carbocycles. The lowest BCUT2D eigenvalue weighted by Crippen LogP contribution is -2.44. The first kappa shape index (κ1) is 24.6. The van der Waals surface area contributed by atoms with Crippen molar-refractivity contribution in [1.82, 2.24) is 23.3 Å². The van der Waals surface area contributed by atoms with Crippen molar-refractivity contribution in [3.8, 4) is 11.8 Å². The molecule has 35 heavy (non-hydrogen) atoms. The zero-order valence-electron chi connectivity index (χ0n) is 20.2. The number of benzene rings is 1. The van der Waals surface area contributed by atoms with Gasteiger partial charge in [0.15, 0.2) is 11.2 Å². The fourth-order valence-electron chi connectivity index (χ4n) is 4.90. The summed E-state index contributed by atoms with van der Waals surface area (Å²) in [6.07, 6.45) is 1.91. The molecule has 0 amide bonds. The van der Waals surface area contributed by atoms with Gasteiger partial charge >= 0.3 is 5.69 Å². The SMILES string of the molecule is CC#CCn1c(N2CCCC(N)C2)nc2c1c(=O)n(Cc1cc3ccccc3n1C)c(=O)n2C.Cl. The average Bonchev–Trinajstić information content (AvgIpc) is 3.37. The van der Waals surface area contributed by atoms with Gasteiger partial charge in [0.1, 0.15) is 0 Å². The zero-order chi connectivity index (χ0) is 24.0. The van der Waals surface area contributed by atoms with Gasteiger partial charge in [0, 0.05) is 44.4 Å². The Morgan fingerprint density at radius 1 is 1.14 bits per heavy atom. The molecule has 4 aromatic rings. The Morgan fingerprint density at radius 3 is 2.63 bits per heavy atom. The summed E-state index contributed by atoms with van der Waals surface area (Å²) >= 11 is 0. The molecule has 1 aliphatic heterocycles. The molecule has 10 heteroatoms. The van der Waals surface area contributed by atoms with Gasteiger partial charge in [-0.05, 0) is 37.3 Å². The van der Waals surface area contributed by atoms with Crippen LogP contribution >= 0.6 is 12.4 Å². The van der Waals surface area contributed by atoms with E-state index < -0.39 is 5.69 Å². The van der Waals surface area contributed by atoms with Crippen molar-refractivity contribution in [3.05, 3.63) is 56.9 Å². The van der Waals surface area contributed by atoms with E-state index in [4.69, 9.17) is 10.7 Å². The van der Waals surface area contributed by atoms with Crippen molar-refractivity contribution in [2.24, 2.45) is 19.8 Å². The van der Waals surface area contributed by atoms with Crippen LogP contribution in [0.25, 0.3) is 22.1 Å². The minimum absolute atomic E-state index is 0. The standard InChI is InChI=1S/C25H29N7O2.ClH/c1-4-5-13-31-21-22(27-24(31)30-12-8-10-18(26)15-30)29(3)25(34)32(23(21)33)16-19-14-17-9-6-7-11-20(17)28(19)2;/h6-7,9,11,14,18H,8,10,12-13,15-16,26H2,1-3H3;1H. The minimum Gasteiger partial charge on any atom is -0.346 e. The highest BCUT2D eigenvalue weighted by atomic mass is 35.5. The summed E-state index contributed by atoms with van der Waals surface area (Å²) in [5.41, 5.74) is 8.15. The molecule has 1 saturated heterocycles. The molecule has 9 nitrogen and oxygen atoms in total. The van der Waals surface area contributed by atoms with Gasteiger partial charge in [-0.1, -0.05) is 24.1 Å². The first-order valence-corrected chi connectivity index (χ1v) is 11.5. The number of piperidine rings is 1. The Kier molecular flexibility index (Phi) is 6.79. The Morgan fingerprint density at radius 2 is 1.91 bits per heavy atom. The second-order valence-corrected chi connectivity index (χ2v) is 8.93. The van der Waals surface area contributed by atoms with E-state index in [-0.39, 0.29) is 30.6 Å². The monoisotopic (exact) mass is 495 g/mol. The van der Waals surface area contributed by atoms with Crippen LogP contribution in [-0.4, -0.2) is 42.4 Å². The summed E-state index contributed by atoms with van der Waals surface area (Å²) in [5, 5.41) is 1.07. The molecule has 1 fully saturated rings. The van der Waals surface area contributed by atoms with E-state index in [2.05, 4.69) is 16.7 Å². The van der Waals surface area contributed by atoms with Crippen LogP contribution in [0.15, 0.2) is 39.9 Å².